The SMILES string of the molecule is COCCN1CC2(CC(C)C2)C1. The minimum atomic E-state index is 0.757. The molecule has 1 saturated carbocycles. The van der Waals surface area contributed by atoms with Gasteiger partial charge < -0.3 is 4.74 Å². The van der Waals surface area contributed by atoms with E-state index in [1.807, 2.05) is 0 Å². The van der Waals surface area contributed by atoms with Crippen molar-refractivity contribution in [1.29, 1.82) is 0 Å². The van der Waals surface area contributed by atoms with E-state index < -0.39 is 0 Å². The van der Waals surface area contributed by atoms with Crippen LogP contribution in [-0.2, 0) is 4.74 Å². The van der Waals surface area contributed by atoms with E-state index in [0.717, 1.165) is 24.5 Å². The van der Waals surface area contributed by atoms with Crippen LogP contribution in [0.2, 0.25) is 0 Å². The van der Waals surface area contributed by atoms with Crippen molar-refractivity contribution in [2.24, 2.45) is 11.3 Å². The molecule has 0 aromatic rings. The third-order valence-corrected chi connectivity index (χ3v) is 3.29. The Morgan fingerprint density at radius 3 is 2.58 bits per heavy atom. The van der Waals surface area contributed by atoms with Crippen molar-refractivity contribution >= 4 is 0 Å². The van der Waals surface area contributed by atoms with E-state index >= 15 is 0 Å². The monoisotopic (exact) mass is 169 g/mol. The number of likely N-dealkylation sites (tertiary alicyclic amines) is 1. The Morgan fingerprint density at radius 2 is 2.08 bits per heavy atom. The molecule has 1 aliphatic heterocycles. The molecule has 2 nitrogen and oxygen atoms in total. The lowest BCUT2D eigenvalue weighted by atomic mass is 9.58. The first-order valence-corrected chi connectivity index (χ1v) is 4.95. The first-order valence-electron chi connectivity index (χ1n) is 4.95. The topological polar surface area (TPSA) is 12.5 Å². The van der Waals surface area contributed by atoms with Gasteiger partial charge in [-0.2, -0.15) is 0 Å². The van der Waals surface area contributed by atoms with Crippen LogP contribution in [0.3, 0.4) is 0 Å². The second-order valence-electron chi connectivity index (χ2n) is 4.72. The smallest absolute Gasteiger partial charge is 0.0589 e. The molecular weight excluding hydrogens is 150 g/mol. The highest BCUT2D eigenvalue weighted by Gasteiger charge is 2.50. The van der Waals surface area contributed by atoms with Gasteiger partial charge in [0.2, 0.25) is 0 Å². The van der Waals surface area contributed by atoms with E-state index in [0.29, 0.717) is 0 Å². The van der Waals surface area contributed by atoms with Gasteiger partial charge >= 0.3 is 0 Å². The highest BCUT2D eigenvalue weighted by Crippen LogP contribution is 2.51. The minimum Gasteiger partial charge on any atom is -0.383 e. The van der Waals surface area contributed by atoms with Gasteiger partial charge in [0.05, 0.1) is 6.61 Å². The van der Waals surface area contributed by atoms with Gasteiger partial charge in [-0.05, 0) is 24.2 Å². The molecule has 0 aromatic carbocycles. The molecule has 1 spiro atoms. The van der Waals surface area contributed by atoms with E-state index in [-0.39, 0.29) is 0 Å². The van der Waals surface area contributed by atoms with Gasteiger partial charge in [-0.3, -0.25) is 4.90 Å². The van der Waals surface area contributed by atoms with Gasteiger partial charge in [0.25, 0.3) is 0 Å². The van der Waals surface area contributed by atoms with Gasteiger partial charge in [-0.1, -0.05) is 6.92 Å². The van der Waals surface area contributed by atoms with Crippen molar-refractivity contribution in [1.82, 2.24) is 4.90 Å². The molecule has 0 aromatic heterocycles. The number of hydrogen-bond acceptors (Lipinski definition) is 2. The number of methoxy groups -OCH3 is 1. The van der Waals surface area contributed by atoms with Gasteiger partial charge in [-0.25, -0.2) is 0 Å². The lowest BCUT2D eigenvalue weighted by molar-refractivity contribution is -0.0943. The Bertz CT molecular complexity index is 155. The third kappa shape index (κ3) is 1.38. The zero-order chi connectivity index (χ0) is 8.60. The summed E-state index contributed by atoms with van der Waals surface area (Å²) in [5, 5.41) is 0. The fraction of sp³-hybridized carbons (Fsp3) is 1.00. The first-order chi connectivity index (χ1) is 5.74. The first kappa shape index (κ1) is 8.52. The third-order valence-electron chi connectivity index (χ3n) is 3.29. The van der Waals surface area contributed by atoms with Crippen LogP contribution in [0.5, 0.6) is 0 Å². The summed E-state index contributed by atoms with van der Waals surface area (Å²) in [7, 11) is 1.78. The molecule has 1 heterocycles. The second kappa shape index (κ2) is 3.00. The zero-order valence-electron chi connectivity index (χ0n) is 8.18. The number of nitrogens with zero attached hydrogens (tertiary/aromatic N) is 1. The molecule has 0 unspecified atom stereocenters. The molecule has 0 bridgehead atoms. The normalized spacial score (nSPS) is 28.5. The lowest BCUT2D eigenvalue weighted by Gasteiger charge is -2.58. The minimum absolute atomic E-state index is 0.757. The Kier molecular flexibility index (Phi) is 2.13. The van der Waals surface area contributed by atoms with Gasteiger partial charge in [0.15, 0.2) is 0 Å². The van der Waals surface area contributed by atoms with Crippen molar-refractivity contribution in [3.8, 4) is 0 Å². The van der Waals surface area contributed by atoms with E-state index in [4.69, 9.17) is 4.74 Å². The fourth-order valence-electron chi connectivity index (χ4n) is 2.96. The molecule has 2 fully saturated rings. The average Bonchev–Trinajstić information content (AvgIpc) is 1.91. The molecule has 0 atom stereocenters. The van der Waals surface area contributed by atoms with E-state index in [2.05, 4.69) is 11.8 Å². The summed E-state index contributed by atoms with van der Waals surface area (Å²) in [5.41, 5.74) is 0.757. The van der Waals surface area contributed by atoms with Crippen LogP contribution in [0.15, 0.2) is 0 Å². The van der Waals surface area contributed by atoms with Crippen LogP contribution in [0, 0.1) is 11.3 Å². The molecule has 0 N–H and O–H groups in total. The summed E-state index contributed by atoms with van der Waals surface area (Å²) >= 11 is 0. The molecule has 1 aliphatic carbocycles. The second-order valence-corrected chi connectivity index (χ2v) is 4.72. The van der Waals surface area contributed by atoms with Crippen LogP contribution in [0.1, 0.15) is 19.8 Å². The van der Waals surface area contributed by atoms with Crippen LogP contribution < -0.4 is 0 Å². The van der Waals surface area contributed by atoms with Crippen molar-refractivity contribution in [3.05, 3.63) is 0 Å². The summed E-state index contributed by atoms with van der Waals surface area (Å²) in [4.78, 5) is 2.51. The Labute approximate surface area is 74.9 Å². The number of ether oxygens (including phenoxy) is 1. The summed E-state index contributed by atoms with van der Waals surface area (Å²) < 4.78 is 5.05. The summed E-state index contributed by atoms with van der Waals surface area (Å²) in [6, 6.07) is 0. The van der Waals surface area contributed by atoms with Gasteiger partial charge in [0.1, 0.15) is 0 Å². The molecule has 12 heavy (non-hydrogen) atoms. The van der Waals surface area contributed by atoms with Gasteiger partial charge in [0, 0.05) is 26.7 Å². The van der Waals surface area contributed by atoms with Crippen molar-refractivity contribution < 1.29 is 4.74 Å². The molecule has 70 valence electrons. The van der Waals surface area contributed by atoms with Crippen LogP contribution in [-0.4, -0.2) is 38.3 Å². The molecular formula is C10H19NO. The molecule has 1 saturated heterocycles. The predicted molar refractivity (Wildman–Crippen MR) is 49.1 cm³/mol. The van der Waals surface area contributed by atoms with E-state index in [9.17, 15) is 0 Å². The van der Waals surface area contributed by atoms with Crippen LogP contribution >= 0.6 is 0 Å². The van der Waals surface area contributed by atoms with Gasteiger partial charge in [-0.15, -0.1) is 0 Å². The summed E-state index contributed by atoms with van der Waals surface area (Å²) in [6.07, 6.45) is 2.94. The Balaban J connectivity index is 1.64. The van der Waals surface area contributed by atoms with Crippen molar-refractivity contribution in [2.45, 2.75) is 19.8 Å². The predicted octanol–water partition coefficient (Wildman–Crippen LogP) is 1.36. The lowest BCUT2D eigenvalue weighted by Crippen LogP contribution is -2.62. The fourth-order valence-corrected chi connectivity index (χ4v) is 2.96. The quantitative estimate of drug-likeness (QED) is 0.632. The maximum absolute atomic E-state index is 5.05. The molecule has 0 radical (unpaired) electrons. The Morgan fingerprint density at radius 1 is 1.42 bits per heavy atom. The summed E-state index contributed by atoms with van der Waals surface area (Å²) in [6.45, 7) is 7.06. The number of rotatable bonds is 3. The van der Waals surface area contributed by atoms with E-state index in [1.54, 1.807) is 7.11 Å². The van der Waals surface area contributed by atoms with Crippen LogP contribution in [0.4, 0.5) is 0 Å². The zero-order valence-corrected chi connectivity index (χ0v) is 8.18. The Hall–Kier alpha value is -0.0800. The summed E-state index contributed by atoms with van der Waals surface area (Å²) in [5.74, 6) is 0.995. The average molecular weight is 169 g/mol. The van der Waals surface area contributed by atoms with Crippen molar-refractivity contribution in [3.63, 3.8) is 0 Å². The van der Waals surface area contributed by atoms with Crippen LogP contribution in [0.25, 0.3) is 0 Å². The largest absolute Gasteiger partial charge is 0.383 e. The highest BCUT2D eigenvalue weighted by atomic mass is 16.5. The standard InChI is InChI=1S/C10H19NO/c1-9-5-10(6-9)7-11(8-10)3-4-12-2/h9H,3-8H2,1-2H3. The maximum Gasteiger partial charge on any atom is 0.0589 e. The molecule has 2 rings (SSSR count). The number of hydrogen-bond donors (Lipinski definition) is 0. The molecule has 2 aliphatic rings. The molecule has 2 heteroatoms. The van der Waals surface area contributed by atoms with Crippen molar-refractivity contribution in [2.75, 3.05) is 33.4 Å². The maximum atomic E-state index is 5.05. The van der Waals surface area contributed by atoms with E-state index in [1.165, 1.54) is 25.9 Å². The molecule has 0 amide bonds. The highest BCUT2D eigenvalue weighted by molar-refractivity contribution is 5.02.